The van der Waals surface area contributed by atoms with E-state index in [0.29, 0.717) is 13.0 Å². The van der Waals surface area contributed by atoms with Crippen molar-refractivity contribution in [3.8, 4) is 0 Å². The molecule has 1 aromatic heterocycles. The Bertz CT molecular complexity index is 698. The number of carbonyl (C=O) groups is 2. The molecule has 1 atom stereocenters. The zero-order chi connectivity index (χ0) is 16.8. The van der Waals surface area contributed by atoms with Crippen LogP contribution in [0.4, 0.5) is 0 Å². The van der Waals surface area contributed by atoms with E-state index in [9.17, 15) is 9.59 Å². The predicted molar refractivity (Wildman–Crippen MR) is 81.8 cm³/mol. The maximum Gasteiger partial charge on any atom is 0.239 e. The van der Waals surface area contributed by atoms with Crippen LogP contribution in [0.15, 0.2) is 28.7 Å². The van der Waals surface area contributed by atoms with Gasteiger partial charge in [-0.15, -0.1) is 10.2 Å². The molecule has 5 N–H and O–H groups in total. The third-order valence-electron chi connectivity index (χ3n) is 3.15. The molecule has 0 radical (unpaired) electrons. The normalized spacial score (nSPS) is 11.9. The van der Waals surface area contributed by atoms with Crippen LogP contribution < -0.4 is 16.8 Å². The molecular formula is C15H19N5O3. The number of primary amides is 1. The van der Waals surface area contributed by atoms with Gasteiger partial charge in [-0.1, -0.05) is 24.3 Å². The van der Waals surface area contributed by atoms with E-state index in [2.05, 4.69) is 15.5 Å². The van der Waals surface area contributed by atoms with Gasteiger partial charge >= 0.3 is 0 Å². The van der Waals surface area contributed by atoms with E-state index >= 15 is 0 Å². The maximum atomic E-state index is 11.4. The van der Waals surface area contributed by atoms with Crippen LogP contribution in [0.2, 0.25) is 0 Å². The molecule has 2 amide bonds. The number of carbonyl (C=O) groups excluding carboxylic acids is 2. The molecule has 0 fully saturated rings. The molecular weight excluding hydrogens is 298 g/mol. The largest absolute Gasteiger partial charge is 0.422 e. The van der Waals surface area contributed by atoms with Gasteiger partial charge in [0.25, 0.3) is 0 Å². The maximum absolute atomic E-state index is 11.4. The molecule has 2 rings (SSSR count). The third kappa shape index (κ3) is 4.89. The van der Waals surface area contributed by atoms with Crippen molar-refractivity contribution in [2.75, 3.05) is 0 Å². The molecule has 0 saturated heterocycles. The van der Waals surface area contributed by atoms with Gasteiger partial charge in [-0.05, 0) is 11.1 Å². The van der Waals surface area contributed by atoms with Gasteiger partial charge in [0.15, 0.2) is 0 Å². The fourth-order valence-corrected chi connectivity index (χ4v) is 2.19. The molecule has 0 bridgehead atoms. The number of amides is 2. The van der Waals surface area contributed by atoms with Crippen LogP contribution in [-0.2, 0) is 29.0 Å². The lowest BCUT2D eigenvalue weighted by Gasteiger charge is -2.14. The first-order valence-electron chi connectivity index (χ1n) is 7.13. The number of rotatable bonds is 7. The van der Waals surface area contributed by atoms with Gasteiger partial charge in [0.1, 0.15) is 12.5 Å². The molecule has 23 heavy (non-hydrogen) atoms. The summed E-state index contributed by atoms with van der Waals surface area (Å²) in [6, 6.07) is 7.21. The van der Waals surface area contributed by atoms with Crippen molar-refractivity contribution in [1.29, 1.82) is 0 Å². The number of nitrogens with one attached hydrogen (secondary N) is 1. The summed E-state index contributed by atoms with van der Waals surface area (Å²) in [6.45, 7) is 1.84. The number of nitrogens with zero attached hydrogens (tertiary/aromatic N) is 2. The summed E-state index contributed by atoms with van der Waals surface area (Å²) in [5.41, 5.74) is 12.7. The third-order valence-corrected chi connectivity index (χ3v) is 3.15. The van der Waals surface area contributed by atoms with Gasteiger partial charge in [0.2, 0.25) is 23.6 Å². The fraction of sp³-hybridized carbons (Fsp3) is 0.333. The molecule has 8 nitrogen and oxygen atoms in total. The van der Waals surface area contributed by atoms with E-state index in [4.69, 9.17) is 15.9 Å². The van der Waals surface area contributed by atoms with Crippen LogP contribution in [0.3, 0.4) is 0 Å². The summed E-state index contributed by atoms with van der Waals surface area (Å²) in [6.07, 6.45) is 0.327. The molecule has 2 aromatic rings. The second-order valence-corrected chi connectivity index (χ2v) is 5.16. The SMILES string of the molecule is CC(=O)N[C@@H](Cc1cccc(CN)c1)c1nnc(CC(N)=O)o1. The Morgan fingerprint density at radius 1 is 1.30 bits per heavy atom. The summed E-state index contributed by atoms with van der Waals surface area (Å²) in [7, 11) is 0. The van der Waals surface area contributed by atoms with Gasteiger partial charge in [-0.3, -0.25) is 9.59 Å². The summed E-state index contributed by atoms with van der Waals surface area (Å²) < 4.78 is 5.42. The van der Waals surface area contributed by atoms with Crippen LogP contribution in [0.25, 0.3) is 0 Å². The van der Waals surface area contributed by atoms with E-state index in [0.717, 1.165) is 11.1 Å². The van der Waals surface area contributed by atoms with Crippen molar-refractivity contribution in [2.24, 2.45) is 11.5 Å². The minimum atomic E-state index is -0.563. The quantitative estimate of drug-likeness (QED) is 0.656. The first-order chi connectivity index (χ1) is 11.0. The Balaban J connectivity index is 2.20. The van der Waals surface area contributed by atoms with Crippen molar-refractivity contribution < 1.29 is 14.0 Å². The average molecular weight is 317 g/mol. The minimum absolute atomic E-state index is 0.124. The van der Waals surface area contributed by atoms with E-state index < -0.39 is 11.9 Å². The number of aromatic nitrogens is 2. The number of hydrogen-bond donors (Lipinski definition) is 3. The molecule has 1 aromatic carbocycles. The van der Waals surface area contributed by atoms with E-state index in [1.807, 2.05) is 24.3 Å². The summed E-state index contributed by atoms with van der Waals surface area (Å²) in [5, 5.41) is 10.4. The highest BCUT2D eigenvalue weighted by Crippen LogP contribution is 2.18. The average Bonchev–Trinajstić information content (AvgIpc) is 2.94. The Kier molecular flexibility index (Phi) is 5.42. The molecule has 0 unspecified atom stereocenters. The topological polar surface area (TPSA) is 137 Å². The second-order valence-electron chi connectivity index (χ2n) is 5.16. The minimum Gasteiger partial charge on any atom is -0.422 e. The van der Waals surface area contributed by atoms with E-state index in [1.54, 1.807) is 0 Å². The number of nitrogens with two attached hydrogens (primary N) is 2. The van der Waals surface area contributed by atoms with Gasteiger partial charge in [0.05, 0.1) is 0 Å². The Hall–Kier alpha value is -2.74. The highest BCUT2D eigenvalue weighted by atomic mass is 16.4. The van der Waals surface area contributed by atoms with Crippen LogP contribution in [0, 0.1) is 0 Å². The predicted octanol–water partition coefficient (Wildman–Crippen LogP) is -0.0240. The zero-order valence-electron chi connectivity index (χ0n) is 12.8. The first kappa shape index (κ1) is 16.6. The molecule has 0 spiro atoms. The van der Waals surface area contributed by atoms with Gasteiger partial charge in [0, 0.05) is 19.9 Å². The lowest BCUT2D eigenvalue weighted by atomic mass is 10.0. The van der Waals surface area contributed by atoms with Gasteiger partial charge in [-0.2, -0.15) is 0 Å². The lowest BCUT2D eigenvalue weighted by Crippen LogP contribution is -2.28. The van der Waals surface area contributed by atoms with Crippen molar-refractivity contribution in [3.05, 3.63) is 47.2 Å². The van der Waals surface area contributed by atoms with Crippen LogP contribution in [0.5, 0.6) is 0 Å². The summed E-state index contributed by atoms with van der Waals surface area (Å²) >= 11 is 0. The molecule has 122 valence electrons. The van der Waals surface area contributed by atoms with Crippen molar-refractivity contribution in [1.82, 2.24) is 15.5 Å². The molecule has 0 aliphatic rings. The molecule has 1 heterocycles. The molecule has 8 heteroatoms. The van der Waals surface area contributed by atoms with Crippen molar-refractivity contribution >= 4 is 11.8 Å². The molecule has 0 aliphatic carbocycles. The molecule has 0 aliphatic heterocycles. The van der Waals surface area contributed by atoms with Crippen LogP contribution in [-0.4, -0.2) is 22.0 Å². The van der Waals surface area contributed by atoms with Crippen LogP contribution in [0.1, 0.15) is 35.9 Å². The van der Waals surface area contributed by atoms with Gasteiger partial charge < -0.3 is 21.2 Å². The standard InChI is InChI=1S/C15H19N5O3/c1-9(21)18-12(6-10-3-2-4-11(5-10)8-16)15-20-19-14(23-15)7-13(17)22/h2-5,12H,6-8,16H2,1H3,(H2,17,22)(H,18,21)/t12-/m0/s1. The second kappa shape index (κ2) is 7.50. The highest BCUT2D eigenvalue weighted by molar-refractivity contribution is 5.75. The highest BCUT2D eigenvalue weighted by Gasteiger charge is 2.21. The van der Waals surface area contributed by atoms with Crippen LogP contribution >= 0.6 is 0 Å². The van der Waals surface area contributed by atoms with E-state index in [-0.39, 0.29) is 24.1 Å². The number of benzene rings is 1. The Morgan fingerprint density at radius 3 is 2.70 bits per heavy atom. The van der Waals surface area contributed by atoms with E-state index in [1.165, 1.54) is 6.92 Å². The number of hydrogen-bond acceptors (Lipinski definition) is 6. The first-order valence-corrected chi connectivity index (χ1v) is 7.13. The fourth-order valence-electron chi connectivity index (χ4n) is 2.19. The Morgan fingerprint density at radius 2 is 2.04 bits per heavy atom. The molecule has 0 saturated carbocycles. The summed E-state index contributed by atoms with van der Waals surface area (Å²) in [4.78, 5) is 22.3. The van der Waals surface area contributed by atoms with Crippen molar-refractivity contribution in [2.45, 2.75) is 32.4 Å². The zero-order valence-corrected chi connectivity index (χ0v) is 12.8. The van der Waals surface area contributed by atoms with Crippen molar-refractivity contribution in [3.63, 3.8) is 0 Å². The van der Waals surface area contributed by atoms with Gasteiger partial charge in [-0.25, -0.2) is 0 Å². The smallest absolute Gasteiger partial charge is 0.239 e. The monoisotopic (exact) mass is 317 g/mol. The summed E-state index contributed by atoms with van der Waals surface area (Å²) in [5.74, 6) is -0.431. The Labute approximate surface area is 133 Å². The lowest BCUT2D eigenvalue weighted by molar-refractivity contribution is -0.120.